The maximum absolute atomic E-state index is 2.46. The maximum atomic E-state index is 2.46. The first-order valence-electron chi connectivity index (χ1n) is 13.1. The van der Waals surface area contributed by atoms with Crippen molar-refractivity contribution in [3.05, 3.63) is 115 Å². The van der Waals surface area contributed by atoms with Crippen molar-refractivity contribution in [3.63, 3.8) is 0 Å². The van der Waals surface area contributed by atoms with E-state index < -0.39 is 0 Å². The van der Waals surface area contributed by atoms with Gasteiger partial charge in [0.2, 0.25) is 0 Å². The van der Waals surface area contributed by atoms with Gasteiger partial charge in [0.15, 0.2) is 0 Å². The number of hydrogen-bond acceptors (Lipinski definition) is 1. The van der Waals surface area contributed by atoms with Gasteiger partial charge in [0.05, 0.1) is 16.6 Å². The fraction of sp³-hybridized carbons (Fsp3) is 0. The lowest BCUT2D eigenvalue weighted by Crippen LogP contribution is -1.85. The number of hydrogen-bond donors (Lipinski definition) is 0. The van der Waals surface area contributed by atoms with Crippen LogP contribution < -0.4 is 0 Å². The normalized spacial score (nSPS) is 12.7. The molecule has 0 saturated carbocycles. The van der Waals surface area contributed by atoms with E-state index >= 15 is 0 Å². The average Bonchev–Trinajstić information content (AvgIpc) is 3.64. The minimum absolute atomic E-state index is 1.28. The molecule has 0 amide bonds. The van der Waals surface area contributed by atoms with Gasteiger partial charge in [0.1, 0.15) is 0 Å². The molecular weight excluding hydrogens is 478 g/mol. The smallest absolute Gasteiger partial charge is 0.0620 e. The van der Waals surface area contributed by atoms with E-state index in [1.807, 2.05) is 11.3 Å². The van der Waals surface area contributed by atoms with Crippen molar-refractivity contribution in [2.45, 2.75) is 0 Å². The Balaban J connectivity index is 1.34. The first-order chi connectivity index (χ1) is 18.9. The molecule has 0 atom stereocenters. The molecule has 0 aliphatic heterocycles. The molecule has 7 aromatic carbocycles. The summed E-state index contributed by atoms with van der Waals surface area (Å²) < 4.78 is 5.22. The number of para-hydroxylation sites is 2. The van der Waals surface area contributed by atoms with E-state index in [9.17, 15) is 0 Å². The van der Waals surface area contributed by atoms with E-state index in [-0.39, 0.29) is 0 Å². The number of fused-ring (bicyclic) bond motifs is 9. The SMILES string of the molecule is c1ccc2c(c1)c1cccc3sc4c(-c5ccc6c(c5)c5cccc7c8ccccc8n6c75)ccc2c4c31. The van der Waals surface area contributed by atoms with Gasteiger partial charge in [-0.1, -0.05) is 91.0 Å². The van der Waals surface area contributed by atoms with Crippen LogP contribution in [0, 0.1) is 0 Å². The number of benzene rings is 7. The molecule has 38 heavy (non-hydrogen) atoms. The zero-order valence-corrected chi connectivity index (χ0v) is 21.1. The third-order valence-electron chi connectivity index (χ3n) is 8.69. The van der Waals surface area contributed by atoms with Crippen LogP contribution in [0.25, 0.3) is 90.9 Å². The second kappa shape index (κ2) is 6.61. The van der Waals surface area contributed by atoms with Crippen LogP contribution in [0.15, 0.2) is 115 Å². The van der Waals surface area contributed by atoms with Crippen LogP contribution in [0.3, 0.4) is 0 Å². The van der Waals surface area contributed by atoms with Crippen molar-refractivity contribution in [3.8, 4) is 11.1 Å². The zero-order valence-electron chi connectivity index (χ0n) is 20.3. The Bertz CT molecular complexity index is 2560. The number of rotatable bonds is 1. The van der Waals surface area contributed by atoms with E-state index in [4.69, 9.17) is 0 Å². The Morgan fingerprint density at radius 3 is 1.97 bits per heavy atom. The molecule has 10 aromatic rings. The monoisotopic (exact) mass is 497 g/mol. The Morgan fingerprint density at radius 1 is 0.447 bits per heavy atom. The topological polar surface area (TPSA) is 4.41 Å². The van der Waals surface area contributed by atoms with Gasteiger partial charge >= 0.3 is 0 Å². The van der Waals surface area contributed by atoms with Crippen molar-refractivity contribution in [2.24, 2.45) is 0 Å². The number of aromatic nitrogens is 1. The van der Waals surface area contributed by atoms with E-state index in [1.165, 1.54) is 90.9 Å². The van der Waals surface area contributed by atoms with E-state index in [1.54, 1.807) is 0 Å². The van der Waals surface area contributed by atoms with Gasteiger partial charge in [0.25, 0.3) is 0 Å². The van der Waals surface area contributed by atoms with Crippen molar-refractivity contribution in [1.29, 1.82) is 0 Å². The van der Waals surface area contributed by atoms with Crippen LogP contribution in [0.2, 0.25) is 0 Å². The molecule has 1 nitrogen and oxygen atoms in total. The van der Waals surface area contributed by atoms with Gasteiger partial charge in [-0.15, -0.1) is 11.3 Å². The summed E-state index contributed by atoms with van der Waals surface area (Å²) in [5.74, 6) is 0. The summed E-state index contributed by atoms with van der Waals surface area (Å²) in [5.41, 5.74) is 6.51. The van der Waals surface area contributed by atoms with Crippen LogP contribution in [0.1, 0.15) is 0 Å². The molecule has 174 valence electrons. The molecule has 0 spiro atoms. The highest BCUT2D eigenvalue weighted by Gasteiger charge is 2.20. The van der Waals surface area contributed by atoms with Crippen LogP contribution >= 0.6 is 11.3 Å². The fourth-order valence-corrected chi connectivity index (χ4v) is 8.44. The predicted molar refractivity (Wildman–Crippen MR) is 166 cm³/mol. The highest BCUT2D eigenvalue weighted by Crippen LogP contribution is 2.49. The van der Waals surface area contributed by atoms with Gasteiger partial charge < -0.3 is 4.40 Å². The molecule has 0 unspecified atom stereocenters. The highest BCUT2D eigenvalue weighted by molar-refractivity contribution is 7.26. The van der Waals surface area contributed by atoms with Crippen LogP contribution in [0.4, 0.5) is 0 Å². The standard InChI is InChI=1S/C36H19NS/c1-2-8-23-22(7-1)25-10-6-14-32-33(25)34-26(23)17-16-21(36(34)38-32)20-15-18-31-29(19-20)28-12-5-11-27-24-9-3-4-13-30(24)37(31)35(27)28/h1-19H. The van der Waals surface area contributed by atoms with Crippen LogP contribution in [0.5, 0.6) is 0 Å². The number of nitrogens with zero attached hydrogens (tertiary/aromatic N) is 1. The van der Waals surface area contributed by atoms with E-state index in [0.717, 1.165) is 0 Å². The molecule has 0 fully saturated rings. The van der Waals surface area contributed by atoms with E-state index in [0.29, 0.717) is 0 Å². The summed E-state index contributed by atoms with van der Waals surface area (Å²) in [4.78, 5) is 0. The second-order valence-corrected chi connectivity index (χ2v) is 11.5. The maximum Gasteiger partial charge on any atom is 0.0620 e. The van der Waals surface area contributed by atoms with Crippen LogP contribution in [-0.4, -0.2) is 4.40 Å². The fourth-order valence-electron chi connectivity index (χ4n) is 7.15. The third-order valence-corrected chi connectivity index (χ3v) is 9.88. The van der Waals surface area contributed by atoms with Gasteiger partial charge in [-0.05, 0) is 56.9 Å². The average molecular weight is 498 g/mol. The molecule has 0 saturated heterocycles. The molecule has 10 rings (SSSR count). The van der Waals surface area contributed by atoms with Crippen molar-refractivity contribution in [1.82, 2.24) is 4.40 Å². The second-order valence-electron chi connectivity index (χ2n) is 10.5. The molecule has 0 radical (unpaired) electrons. The summed E-state index contributed by atoms with van der Waals surface area (Å²) in [5, 5.41) is 13.5. The van der Waals surface area contributed by atoms with Crippen molar-refractivity contribution >= 4 is 91.1 Å². The summed E-state index contributed by atoms with van der Waals surface area (Å²) in [6.07, 6.45) is 0. The Hall–Kier alpha value is -4.66. The summed E-state index contributed by atoms with van der Waals surface area (Å²) >= 11 is 1.94. The van der Waals surface area contributed by atoms with Gasteiger partial charge in [-0.25, -0.2) is 0 Å². The third kappa shape index (κ3) is 2.17. The van der Waals surface area contributed by atoms with Gasteiger partial charge in [-0.3, -0.25) is 0 Å². The Kier molecular flexibility index (Phi) is 3.38. The van der Waals surface area contributed by atoms with Crippen molar-refractivity contribution in [2.75, 3.05) is 0 Å². The summed E-state index contributed by atoms with van der Waals surface area (Å²) in [6.45, 7) is 0. The zero-order chi connectivity index (χ0) is 24.5. The lowest BCUT2D eigenvalue weighted by Gasteiger charge is -2.11. The van der Waals surface area contributed by atoms with Gasteiger partial charge in [0, 0.05) is 41.7 Å². The lowest BCUT2D eigenvalue weighted by molar-refractivity contribution is 1.37. The largest absolute Gasteiger partial charge is 0.308 e. The molecule has 0 aliphatic rings. The summed E-state index contributed by atoms with van der Waals surface area (Å²) in [6, 6.07) is 43.0. The molecular formula is C36H19NS. The highest BCUT2D eigenvalue weighted by atomic mass is 32.1. The summed E-state index contributed by atoms with van der Waals surface area (Å²) in [7, 11) is 0. The van der Waals surface area contributed by atoms with Gasteiger partial charge in [-0.2, -0.15) is 0 Å². The predicted octanol–water partition coefficient (Wildman–Crippen LogP) is 10.6. The molecule has 0 aliphatic carbocycles. The number of thiophene rings is 1. The van der Waals surface area contributed by atoms with Crippen LogP contribution in [-0.2, 0) is 0 Å². The first kappa shape index (κ1) is 19.5. The molecule has 0 bridgehead atoms. The Labute approximate surface area is 221 Å². The first-order valence-corrected chi connectivity index (χ1v) is 13.9. The molecule has 0 N–H and O–H groups in total. The van der Waals surface area contributed by atoms with E-state index in [2.05, 4.69) is 120 Å². The minimum atomic E-state index is 1.28. The Morgan fingerprint density at radius 2 is 1.11 bits per heavy atom. The molecule has 3 aromatic heterocycles. The molecule has 3 heterocycles. The lowest BCUT2D eigenvalue weighted by atomic mass is 9.92. The molecule has 2 heteroatoms. The quantitative estimate of drug-likeness (QED) is 0.199. The minimum Gasteiger partial charge on any atom is -0.308 e. The van der Waals surface area contributed by atoms with Crippen molar-refractivity contribution < 1.29 is 0 Å².